The molecule has 4 heteroatoms. The fraction of sp³-hybridized carbons (Fsp3) is 0.929. The standard InChI is InChI=1S/C14H29N3O/c1-3-7-12-8-4-5-10-17(12)11-6-9-14(2,16)13(15)18/h12H,3-11,16H2,1-2H3,(H2,15,18). The molecule has 4 nitrogen and oxygen atoms in total. The van der Waals surface area contributed by atoms with Crippen molar-refractivity contribution in [3.05, 3.63) is 0 Å². The molecule has 1 aliphatic heterocycles. The van der Waals surface area contributed by atoms with Crippen molar-refractivity contribution in [2.75, 3.05) is 13.1 Å². The molecule has 0 aromatic carbocycles. The van der Waals surface area contributed by atoms with Gasteiger partial charge in [0.15, 0.2) is 0 Å². The van der Waals surface area contributed by atoms with Crippen molar-refractivity contribution in [1.82, 2.24) is 4.90 Å². The maximum atomic E-state index is 11.2. The normalized spacial score (nSPS) is 24.7. The summed E-state index contributed by atoms with van der Waals surface area (Å²) in [6.07, 6.45) is 8.15. The van der Waals surface area contributed by atoms with Crippen molar-refractivity contribution in [3.8, 4) is 0 Å². The first-order chi connectivity index (χ1) is 8.47. The molecule has 2 unspecified atom stereocenters. The van der Waals surface area contributed by atoms with E-state index in [4.69, 9.17) is 11.5 Å². The smallest absolute Gasteiger partial charge is 0.237 e. The maximum absolute atomic E-state index is 11.2. The molecule has 0 spiro atoms. The molecule has 1 fully saturated rings. The Labute approximate surface area is 111 Å². The second kappa shape index (κ2) is 7.10. The lowest BCUT2D eigenvalue weighted by molar-refractivity contribution is -0.122. The fourth-order valence-corrected chi connectivity index (χ4v) is 2.79. The maximum Gasteiger partial charge on any atom is 0.237 e. The van der Waals surface area contributed by atoms with Crippen molar-refractivity contribution < 1.29 is 4.79 Å². The molecule has 1 heterocycles. The number of piperidine rings is 1. The van der Waals surface area contributed by atoms with E-state index in [0.717, 1.165) is 19.0 Å². The summed E-state index contributed by atoms with van der Waals surface area (Å²) in [6, 6.07) is 0.737. The van der Waals surface area contributed by atoms with Crippen molar-refractivity contribution in [3.63, 3.8) is 0 Å². The quantitative estimate of drug-likeness (QED) is 0.726. The van der Waals surface area contributed by atoms with Gasteiger partial charge in [-0.3, -0.25) is 4.79 Å². The van der Waals surface area contributed by atoms with Crippen molar-refractivity contribution in [1.29, 1.82) is 0 Å². The number of carbonyl (C=O) groups excluding carboxylic acids is 1. The van der Waals surface area contributed by atoms with Gasteiger partial charge in [-0.25, -0.2) is 0 Å². The number of likely N-dealkylation sites (tertiary alicyclic amines) is 1. The van der Waals surface area contributed by atoms with Gasteiger partial charge < -0.3 is 16.4 Å². The summed E-state index contributed by atoms with van der Waals surface area (Å²) in [5.41, 5.74) is 10.3. The third-order valence-electron chi connectivity index (χ3n) is 4.08. The summed E-state index contributed by atoms with van der Waals surface area (Å²) in [5.74, 6) is -0.397. The van der Waals surface area contributed by atoms with Crippen LogP contribution >= 0.6 is 0 Å². The van der Waals surface area contributed by atoms with E-state index in [0.29, 0.717) is 6.42 Å². The number of hydrogen-bond acceptors (Lipinski definition) is 3. The predicted molar refractivity (Wildman–Crippen MR) is 75.1 cm³/mol. The van der Waals surface area contributed by atoms with Crippen molar-refractivity contribution >= 4 is 5.91 Å². The van der Waals surface area contributed by atoms with E-state index >= 15 is 0 Å². The molecule has 0 aromatic rings. The van der Waals surface area contributed by atoms with Gasteiger partial charge in [0.1, 0.15) is 0 Å². The Kier molecular flexibility index (Phi) is 6.09. The number of nitrogens with two attached hydrogens (primary N) is 2. The van der Waals surface area contributed by atoms with Gasteiger partial charge in [0.25, 0.3) is 0 Å². The summed E-state index contributed by atoms with van der Waals surface area (Å²) in [6.45, 7) is 6.22. The van der Waals surface area contributed by atoms with Gasteiger partial charge in [0.2, 0.25) is 5.91 Å². The number of nitrogens with zero attached hydrogens (tertiary/aromatic N) is 1. The Balaban J connectivity index is 2.34. The number of carbonyl (C=O) groups is 1. The SMILES string of the molecule is CCCC1CCCCN1CCCC(C)(N)C(N)=O. The third kappa shape index (κ3) is 4.58. The van der Waals surface area contributed by atoms with Gasteiger partial charge in [-0.2, -0.15) is 0 Å². The number of amides is 1. The second-order valence-electron chi connectivity index (χ2n) is 5.86. The zero-order chi connectivity index (χ0) is 13.6. The highest BCUT2D eigenvalue weighted by atomic mass is 16.1. The largest absolute Gasteiger partial charge is 0.368 e. The van der Waals surface area contributed by atoms with E-state index in [2.05, 4.69) is 11.8 Å². The van der Waals surface area contributed by atoms with Crippen LogP contribution in [0.4, 0.5) is 0 Å². The second-order valence-corrected chi connectivity index (χ2v) is 5.86. The third-order valence-corrected chi connectivity index (χ3v) is 4.08. The Hall–Kier alpha value is -0.610. The van der Waals surface area contributed by atoms with Crippen molar-refractivity contribution in [2.24, 2.45) is 11.5 Å². The van der Waals surface area contributed by atoms with Crippen LogP contribution in [-0.4, -0.2) is 35.5 Å². The molecule has 0 bridgehead atoms. The molecule has 1 saturated heterocycles. The van der Waals surface area contributed by atoms with Crippen LogP contribution in [0.15, 0.2) is 0 Å². The first kappa shape index (κ1) is 15.4. The summed E-state index contributed by atoms with van der Waals surface area (Å²) in [7, 11) is 0. The molecule has 1 aliphatic rings. The average Bonchev–Trinajstić information content (AvgIpc) is 2.31. The summed E-state index contributed by atoms with van der Waals surface area (Å²) in [4.78, 5) is 13.7. The summed E-state index contributed by atoms with van der Waals surface area (Å²) >= 11 is 0. The number of primary amides is 1. The first-order valence-electron chi connectivity index (χ1n) is 7.30. The van der Waals surface area contributed by atoms with Gasteiger partial charge in [-0.15, -0.1) is 0 Å². The van der Waals surface area contributed by atoms with Crippen LogP contribution in [0, 0.1) is 0 Å². The van der Waals surface area contributed by atoms with Gasteiger partial charge in [-0.05, 0) is 52.1 Å². The van der Waals surface area contributed by atoms with Crippen LogP contribution in [0.5, 0.6) is 0 Å². The van der Waals surface area contributed by atoms with Crippen LogP contribution in [0.25, 0.3) is 0 Å². The molecular weight excluding hydrogens is 226 g/mol. The number of rotatable bonds is 7. The lowest BCUT2D eigenvalue weighted by Crippen LogP contribution is -2.50. The molecule has 18 heavy (non-hydrogen) atoms. The lowest BCUT2D eigenvalue weighted by Gasteiger charge is -2.36. The van der Waals surface area contributed by atoms with Gasteiger partial charge in [-0.1, -0.05) is 19.8 Å². The molecule has 106 valence electrons. The topological polar surface area (TPSA) is 72.3 Å². The summed E-state index contributed by atoms with van der Waals surface area (Å²) < 4.78 is 0. The van der Waals surface area contributed by atoms with E-state index < -0.39 is 11.4 Å². The minimum Gasteiger partial charge on any atom is -0.368 e. The Bertz CT molecular complexity index is 264. The van der Waals surface area contributed by atoms with Gasteiger partial charge in [0, 0.05) is 6.04 Å². The molecular formula is C14H29N3O. The molecule has 2 atom stereocenters. The molecule has 0 radical (unpaired) electrons. The van der Waals surface area contributed by atoms with E-state index in [1.54, 1.807) is 6.92 Å². The Morgan fingerprint density at radius 2 is 2.17 bits per heavy atom. The predicted octanol–water partition coefficient (Wildman–Crippen LogP) is 1.62. The monoisotopic (exact) mass is 255 g/mol. The van der Waals surface area contributed by atoms with E-state index in [1.165, 1.54) is 38.6 Å². The van der Waals surface area contributed by atoms with Gasteiger partial charge in [0.05, 0.1) is 5.54 Å². The zero-order valence-corrected chi connectivity index (χ0v) is 12.0. The molecule has 0 aliphatic carbocycles. The average molecular weight is 255 g/mol. The van der Waals surface area contributed by atoms with E-state index in [-0.39, 0.29) is 0 Å². The van der Waals surface area contributed by atoms with E-state index in [9.17, 15) is 4.79 Å². The van der Waals surface area contributed by atoms with Crippen LogP contribution in [0.1, 0.15) is 58.8 Å². The van der Waals surface area contributed by atoms with Crippen LogP contribution < -0.4 is 11.5 Å². The molecule has 0 saturated carbocycles. The molecule has 0 aromatic heterocycles. The fourth-order valence-electron chi connectivity index (χ4n) is 2.79. The summed E-state index contributed by atoms with van der Waals surface area (Å²) in [5, 5.41) is 0. The van der Waals surface area contributed by atoms with Gasteiger partial charge >= 0.3 is 0 Å². The lowest BCUT2D eigenvalue weighted by atomic mass is 9.94. The highest BCUT2D eigenvalue weighted by molar-refractivity contribution is 5.83. The highest BCUT2D eigenvalue weighted by Crippen LogP contribution is 2.21. The number of hydrogen-bond donors (Lipinski definition) is 2. The zero-order valence-electron chi connectivity index (χ0n) is 12.0. The Morgan fingerprint density at radius 1 is 1.44 bits per heavy atom. The van der Waals surface area contributed by atoms with Crippen LogP contribution in [-0.2, 0) is 4.79 Å². The van der Waals surface area contributed by atoms with Crippen LogP contribution in [0.2, 0.25) is 0 Å². The van der Waals surface area contributed by atoms with Crippen LogP contribution in [0.3, 0.4) is 0 Å². The molecule has 4 N–H and O–H groups in total. The Morgan fingerprint density at radius 3 is 2.78 bits per heavy atom. The van der Waals surface area contributed by atoms with E-state index in [1.807, 2.05) is 0 Å². The van der Waals surface area contributed by atoms with Crippen molar-refractivity contribution in [2.45, 2.75) is 70.4 Å². The minimum absolute atomic E-state index is 0.397. The molecule has 1 amide bonds. The molecule has 1 rings (SSSR count). The first-order valence-corrected chi connectivity index (χ1v) is 7.30. The minimum atomic E-state index is -0.851. The highest BCUT2D eigenvalue weighted by Gasteiger charge is 2.26.